The topological polar surface area (TPSA) is 78.1 Å². The lowest BCUT2D eigenvalue weighted by Gasteiger charge is -2.21. The number of hydrogen-bond acceptors (Lipinski definition) is 4. The monoisotopic (exact) mass is 336 g/mol. The van der Waals surface area contributed by atoms with E-state index in [0.717, 1.165) is 18.8 Å². The highest BCUT2D eigenvalue weighted by Crippen LogP contribution is 2.19. The highest BCUT2D eigenvalue weighted by atomic mass is 16.2. The maximum absolute atomic E-state index is 12.6. The van der Waals surface area contributed by atoms with Crippen LogP contribution >= 0.6 is 0 Å². The van der Waals surface area contributed by atoms with Crippen molar-refractivity contribution in [3.8, 4) is 0 Å². The molecular weight excluding hydrogens is 316 g/mol. The van der Waals surface area contributed by atoms with Crippen molar-refractivity contribution in [2.24, 2.45) is 0 Å². The standard InChI is InChI=1S/C19H20N4O2/c1-3-23(4-2)14-11-9-13(10-12-14)20-19(25)17-15-7-5-6-8-16(15)18(24)22-21-17/h5-12H,3-4H2,1-2H3,(H,20,25)(H,22,24). The Balaban J connectivity index is 1.86. The molecule has 1 aromatic heterocycles. The fourth-order valence-electron chi connectivity index (χ4n) is 2.82. The van der Waals surface area contributed by atoms with Gasteiger partial charge in [-0.3, -0.25) is 9.59 Å². The zero-order valence-corrected chi connectivity index (χ0v) is 14.2. The molecule has 0 aliphatic carbocycles. The fraction of sp³-hybridized carbons (Fsp3) is 0.211. The lowest BCUT2D eigenvalue weighted by Crippen LogP contribution is -2.22. The molecular formula is C19H20N4O2. The van der Waals surface area contributed by atoms with Gasteiger partial charge in [0.25, 0.3) is 11.5 Å². The Bertz CT molecular complexity index is 944. The van der Waals surface area contributed by atoms with E-state index in [9.17, 15) is 9.59 Å². The number of benzene rings is 2. The highest BCUT2D eigenvalue weighted by Gasteiger charge is 2.14. The van der Waals surface area contributed by atoms with Gasteiger partial charge >= 0.3 is 0 Å². The van der Waals surface area contributed by atoms with E-state index in [1.165, 1.54) is 0 Å². The summed E-state index contributed by atoms with van der Waals surface area (Å²) in [5.74, 6) is -0.358. The number of H-pyrrole nitrogens is 1. The third-order valence-electron chi connectivity index (χ3n) is 4.16. The van der Waals surface area contributed by atoms with Crippen LogP contribution in [0.5, 0.6) is 0 Å². The molecule has 3 aromatic rings. The molecule has 128 valence electrons. The SMILES string of the molecule is CCN(CC)c1ccc(NC(=O)c2n[nH]c(=O)c3ccccc23)cc1. The van der Waals surface area contributed by atoms with Crippen LogP contribution in [-0.4, -0.2) is 29.2 Å². The van der Waals surface area contributed by atoms with Gasteiger partial charge in [0.2, 0.25) is 0 Å². The zero-order valence-electron chi connectivity index (χ0n) is 14.2. The van der Waals surface area contributed by atoms with Gasteiger partial charge in [0.15, 0.2) is 5.69 Å². The Hall–Kier alpha value is -3.15. The van der Waals surface area contributed by atoms with Crippen LogP contribution < -0.4 is 15.8 Å². The first kappa shape index (κ1) is 16.7. The highest BCUT2D eigenvalue weighted by molar-refractivity contribution is 6.11. The molecule has 0 bridgehead atoms. The summed E-state index contributed by atoms with van der Waals surface area (Å²) >= 11 is 0. The summed E-state index contributed by atoms with van der Waals surface area (Å²) in [6, 6.07) is 14.6. The number of nitrogens with one attached hydrogen (secondary N) is 2. The second-order valence-corrected chi connectivity index (χ2v) is 5.62. The zero-order chi connectivity index (χ0) is 17.8. The van der Waals surface area contributed by atoms with Crippen molar-refractivity contribution in [2.45, 2.75) is 13.8 Å². The summed E-state index contributed by atoms with van der Waals surface area (Å²) in [4.78, 5) is 26.6. The van der Waals surface area contributed by atoms with Gasteiger partial charge in [0.05, 0.1) is 5.39 Å². The van der Waals surface area contributed by atoms with Crippen LogP contribution in [0.1, 0.15) is 24.3 Å². The van der Waals surface area contributed by atoms with E-state index in [-0.39, 0.29) is 17.2 Å². The lowest BCUT2D eigenvalue weighted by molar-refractivity contribution is 0.102. The van der Waals surface area contributed by atoms with Gasteiger partial charge < -0.3 is 10.2 Å². The van der Waals surface area contributed by atoms with Gasteiger partial charge in [-0.25, -0.2) is 5.10 Å². The van der Waals surface area contributed by atoms with Crippen molar-refractivity contribution in [2.75, 3.05) is 23.3 Å². The number of nitrogens with zero attached hydrogens (tertiary/aromatic N) is 2. The van der Waals surface area contributed by atoms with Crippen LogP contribution in [0.25, 0.3) is 10.8 Å². The second kappa shape index (κ2) is 7.17. The van der Waals surface area contributed by atoms with Crippen LogP contribution in [0.2, 0.25) is 0 Å². The number of hydrogen-bond donors (Lipinski definition) is 2. The first-order chi connectivity index (χ1) is 12.1. The number of carbonyl (C=O) groups excluding carboxylic acids is 1. The number of anilines is 2. The Morgan fingerprint density at radius 1 is 1.04 bits per heavy atom. The molecule has 6 heteroatoms. The summed E-state index contributed by atoms with van der Waals surface area (Å²) in [6.45, 7) is 6.06. The molecule has 0 saturated heterocycles. The van der Waals surface area contributed by atoms with Gasteiger partial charge in [-0.05, 0) is 44.2 Å². The molecule has 0 aliphatic rings. The maximum Gasteiger partial charge on any atom is 0.276 e. The van der Waals surface area contributed by atoms with Crippen molar-refractivity contribution in [3.63, 3.8) is 0 Å². The van der Waals surface area contributed by atoms with Crippen molar-refractivity contribution >= 4 is 28.1 Å². The van der Waals surface area contributed by atoms with Crippen LogP contribution in [0.4, 0.5) is 11.4 Å². The number of rotatable bonds is 5. The normalized spacial score (nSPS) is 10.6. The van der Waals surface area contributed by atoms with E-state index in [2.05, 4.69) is 34.3 Å². The first-order valence-electron chi connectivity index (χ1n) is 8.27. The van der Waals surface area contributed by atoms with Crippen molar-refractivity contribution in [3.05, 3.63) is 64.6 Å². The van der Waals surface area contributed by atoms with Crippen LogP contribution in [0.15, 0.2) is 53.3 Å². The summed E-state index contributed by atoms with van der Waals surface area (Å²) in [7, 11) is 0. The molecule has 6 nitrogen and oxygen atoms in total. The Kier molecular flexibility index (Phi) is 4.79. The average Bonchev–Trinajstić information content (AvgIpc) is 2.64. The molecule has 25 heavy (non-hydrogen) atoms. The van der Waals surface area contributed by atoms with E-state index >= 15 is 0 Å². The number of aromatic amines is 1. The number of carbonyl (C=O) groups is 1. The van der Waals surface area contributed by atoms with Crippen LogP contribution in [0, 0.1) is 0 Å². The van der Waals surface area contributed by atoms with E-state index < -0.39 is 0 Å². The smallest absolute Gasteiger partial charge is 0.276 e. The summed E-state index contributed by atoms with van der Waals surface area (Å²) < 4.78 is 0. The van der Waals surface area contributed by atoms with E-state index in [1.54, 1.807) is 24.3 Å². The fourth-order valence-corrected chi connectivity index (χ4v) is 2.82. The molecule has 2 N–H and O–H groups in total. The maximum atomic E-state index is 12.6. The molecule has 0 fully saturated rings. The summed E-state index contributed by atoms with van der Waals surface area (Å²) in [6.07, 6.45) is 0. The van der Waals surface area contributed by atoms with Gasteiger partial charge in [-0.15, -0.1) is 0 Å². The molecule has 3 rings (SSSR count). The third-order valence-corrected chi connectivity index (χ3v) is 4.16. The minimum atomic E-state index is -0.358. The van der Waals surface area contributed by atoms with Crippen molar-refractivity contribution < 1.29 is 4.79 Å². The van der Waals surface area contributed by atoms with Gasteiger partial charge in [0.1, 0.15) is 0 Å². The minimum absolute atomic E-state index is 0.197. The van der Waals surface area contributed by atoms with Gasteiger partial charge in [-0.1, -0.05) is 18.2 Å². The Labute approximate surface area is 145 Å². The molecule has 0 unspecified atom stereocenters. The van der Waals surface area contributed by atoms with E-state index in [1.807, 2.05) is 24.3 Å². The molecule has 1 amide bonds. The van der Waals surface area contributed by atoms with Crippen LogP contribution in [0.3, 0.4) is 0 Å². The molecule has 1 heterocycles. The number of aromatic nitrogens is 2. The number of fused-ring (bicyclic) bond motifs is 1. The molecule has 0 radical (unpaired) electrons. The first-order valence-corrected chi connectivity index (χ1v) is 8.27. The molecule has 0 atom stereocenters. The number of amides is 1. The van der Waals surface area contributed by atoms with Gasteiger partial charge in [-0.2, -0.15) is 5.10 Å². The van der Waals surface area contributed by atoms with E-state index in [4.69, 9.17) is 0 Å². The third kappa shape index (κ3) is 3.38. The molecule has 2 aromatic carbocycles. The van der Waals surface area contributed by atoms with Crippen LogP contribution in [-0.2, 0) is 0 Å². The lowest BCUT2D eigenvalue weighted by atomic mass is 10.1. The quantitative estimate of drug-likeness (QED) is 0.751. The van der Waals surface area contributed by atoms with Crippen molar-refractivity contribution in [1.29, 1.82) is 0 Å². The van der Waals surface area contributed by atoms with Crippen molar-refractivity contribution in [1.82, 2.24) is 10.2 Å². The predicted octanol–water partition coefficient (Wildman–Crippen LogP) is 3.02. The van der Waals surface area contributed by atoms with Gasteiger partial charge in [0, 0.05) is 29.9 Å². The van der Waals surface area contributed by atoms with E-state index in [0.29, 0.717) is 16.5 Å². The Morgan fingerprint density at radius 3 is 2.32 bits per heavy atom. The molecule has 0 aliphatic heterocycles. The minimum Gasteiger partial charge on any atom is -0.372 e. The molecule has 0 spiro atoms. The second-order valence-electron chi connectivity index (χ2n) is 5.62. The largest absolute Gasteiger partial charge is 0.372 e. The Morgan fingerprint density at radius 2 is 1.68 bits per heavy atom. The summed E-state index contributed by atoms with van der Waals surface area (Å²) in [5.41, 5.74) is 1.67. The predicted molar refractivity (Wildman–Crippen MR) is 100 cm³/mol. The summed E-state index contributed by atoms with van der Waals surface area (Å²) in [5, 5.41) is 10.1. The molecule has 0 saturated carbocycles. The average molecular weight is 336 g/mol.